The molecule has 2 heterocycles. The third kappa shape index (κ3) is 4.07. The van der Waals surface area contributed by atoms with Crippen LogP contribution in [0, 0.1) is 0 Å². The van der Waals surface area contributed by atoms with E-state index in [0.29, 0.717) is 25.2 Å². The molecule has 6 heteroatoms. The largest absolute Gasteiger partial charge is 0.352 e. The molecule has 0 bridgehead atoms. The molecule has 2 fully saturated rings. The van der Waals surface area contributed by atoms with E-state index in [9.17, 15) is 4.79 Å². The molecular weight excluding hydrogens is 314 g/mol. The zero-order valence-electron chi connectivity index (χ0n) is 14.4. The van der Waals surface area contributed by atoms with Crippen molar-refractivity contribution >= 4 is 5.91 Å². The number of nitrogens with one attached hydrogen (secondary N) is 2. The van der Waals surface area contributed by atoms with Gasteiger partial charge in [0, 0.05) is 30.5 Å². The van der Waals surface area contributed by atoms with Crippen LogP contribution in [0.25, 0.3) is 11.4 Å². The van der Waals surface area contributed by atoms with Crippen molar-refractivity contribution in [2.24, 2.45) is 0 Å². The highest BCUT2D eigenvalue weighted by Crippen LogP contribution is 2.31. The zero-order chi connectivity index (χ0) is 17.1. The summed E-state index contributed by atoms with van der Waals surface area (Å²) in [5, 5.41) is 11.1. The Morgan fingerprint density at radius 3 is 2.76 bits per heavy atom. The fourth-order valence-corrected chi connectivity index (χ4v) is 3.45. The van der Waals surface area contributed by atoms with E-state index in [2.05, 4.69) is 26.5 Å². The van der Waals surface area contributed by atoms with Gasteiger partial charge in [-0.15, -0.1) is 0 Å². The molecule has 2 aliphatic carbocycles. The predicted molar refractivity (Wildman–Crippen MR) is 95.8 cm³/mol. The monoisotopic (exact) mass is 339 g/mol. The summed E-state index contributed by atoms with van der Waals surface area (Å²) in [6, 6.07) is 6.79. The molecule has 2 aromatic rings. The lowest BCUT2D eigenvalue weighted by molar-refractivity contribution is -0.120. The van der Waals surface area contributed by atoms with Crippen LogP contribution in [0.5, 0.6) is 0 Å². The lowest BCUT2D eigenvalue weighted by atomic mass is 10.2. The first kappa shape index (κ1) is 16.3. The number of carbonyl (C=O) groups excluding carboxylic acids is 1. The molecule has 0 radical (unpaired) electrons. The minimum absolute atomic E-state index is 0.0741. The number of rotatable bonds is 7. The lowest BCUT2D eigenvalue weighted by Gasteiger charge is -2.08. The fourth-order valence-electron chi connectivity index (χ4n) is 3.45. The average molecular weight is 339 g/mol. The maximum Gasteiger partial charge on any atom is 0.234 e. The van der Waals surface area contributed by atoms with Crippen LogP contribution in [0.1, 0.15) is 50.1 Å². The fraction of sp³-hybridized carbons (Fsp3) is 0.526. The molecule has 0 aromatic carbocycles. The van der Waals surface area contributed by atoms with Gasteiger partial charge in [-0.1, -0.05) is 18.9 Å². The normalized spacial score (nSPS) is 17.8. The molecule has 1 amide bonds. The summed E-state index contributed by atoms with van der Waals surface area (Å²) >= 11 is 0. The smallest absolute Gasteiger partial charge is 0.234 e. The summed E-state index contributed by atoms with van der Waals surface area (Å²) in [6.45, 7) is 0.962. The minimum atomic E-state index is 0.0741. The molecule has 2 aliphatic rings. The van der Waals surface area contributed by atoms with Crippen LogP contribution in [0.4, 0.5) is 0 Å². The average Bonchev–Trinajstić information content (AvgIpc) is 3.12. The van der Waals surface area contributed by atoms with Gasteiger partial charge in [0.25, 0.3) is 0 Å². The number of carbonyl (C=O) groups is 1. The summed E-state index contributed by atoms with van der Waals surface area (Å²) in [6.07, 6.45) is 11.1. The Kier molecular flexibility index (Phi) is 4.78. The Morgan fingerprint density at radius 2 is 2.04 bits per heavy atom. The van der Waals surface area contributed by atoms with Crippen LogP contribution >= 0.6 is 0 Å². The Hall–Kier alpha value is -2.21. The molecule has 4 rings (SSSR count). The van der Waals surface area contributed by atoms with Crippen LogP contribution in [-0.2, 0) is 11.3 Å². The number of nitrogens with zero attached hydrogens (tertiary/aromatic N) is 3. The van der Waals surface area contributed by atoms with Gasteiger partial charge in [-0.05, 0) is 37.8 Å². The highest BCUT2D eigenvalue weighted by atomic mass is 16.2. The van der Waals surface area contributed by atoms with E-state index in [1.165, 1.54) is 25.7 Å². The van der Waals surface area contributed by atoms with Gasteiger partial charge in [-0.3, -0.25) is 14.5 Å². The van der Waals surface area contributed by atoms with Crippen molar-refractivity contribution in [3.05, 3.63) is 36.2 Å². The zero-order valence-corrected chi connectivity index (χ0v) is 14.4. The Labute approximate surface area is 148 Å². The van der Waals surface area contributed by atoms with Crippen LogP contribution in [0.15, 0.2) is 30.6 Å². The van der Waals surface area contributed by atoms with Crippen molar-refractivity contribution in [3.63, 3.8) is 0 Å². The molecule has 0 unspecified atom stereocenters. The second-order valence-corrected chi connectivity index (χ2v) is 7.08. The van der Waals surface area contributed by atoms with E-state index in [1.807, 2.05) is 18.2 Å². The van der Waals surface area contributed by atoms with Gasteiger partial charge in [0.1, 0.15) is 5.69 Å². The Bertz CT molecular complexity index is 717. The van der Waals surface area contributed by atoms with Crippen LogP contribution in [0.2, 0.25) is 0 Å². The topological polar surface area (TPSA) is 71.8 Å². The molecular formula is C19H25N5O. The molecule has 0 saturated heterocycles. The van der Waals surface area contributed by atoms with Crippen molar-refractivity contribution in [1.29, 1.82) is 0 Å². The van der Waals surface area contributed by atoms with Gasteiger partial charge in [0.15, 0.2) is 0 Å². The van der Waals surface area contributed by atoms with Gasteiger partial charge in [0.05, 0.1) is 18.3 Å². The van der Waals surface area contributed by atoms with E-state index >= 15 is 0 Å². The molecule has 0 aliphatic heterocycles. The van der Waals surface area contributed by atoms with Gasteiger partial charge >= 0.3 is 0 Å². The second-order valence-electron chi connectivity index (χ2n) is 7.08. The summed E-state index contributed by atoms with van der Waals surface area (Å²) in [4.78, 5) is 16.3. The summed E-state index contributed by atoms with van der Waals surface area (Å²) in [5.74, 6) is 0.0741. The maximum absolute atomic E-state index is 11.8. The number of hydrogen-bond acceptors (Lipinski definition) is 4. The first-order valence-electron chi connectivity index (χ1n) is 9.29. The predicted octanol–water partition coefficient (Wildman–Crippen LogP) is 2.43. The van der Waals surface area contributed by atoms with E-state index in [4.69, 9.17) is 5.10 Å². The van der Waals surface area contributed by atoms with Crippen molar-refractivity contribution in [2.45, 2.75) is 57.2 Å². The number of pyridine rings is 1. The third-order valence-electron chi connectivity index (χ3n) is 4.96. The SMILES string of the molecule is O=C(CNCc1cn(C2CCCC2)nc1-c1ccccn1)NC1CC1. The highest BCUT2D eigenvalue weighted by Gasteiger charge is 2.23. The van der Waals surface area contributed by atoms with Gasteiger partial charge in [0.2, 0.25) is 5.91 Å². The van der Waals surface area contributed by atoms with E-state index in [-0.39, 0.29) is 5.91 Å². The van der Waals surface area contributed by atoms with Gasteiger partial charge in [-0.25, -0.2) is 0 Å². The molecule has 132 valence electrons. The van der Waals surface area contributed by atoms with E-state index in [1.54, 1.807) is 6.20 Å². The van der Waals surface area contributed by atoms with Crippen molar-refractivity contribution in [1.82, 2.24) is 25.4 Å². The van der Waals surface area contributed by atoms with E-state index < -0.39 is 0 Å². The van der Waals surface area contributed by atoms with Crippen LogP contribution < -0.4 is 10.6 Å². The number of aromatic nitrogens is 3. The number of amides is 1. The van der Waals surface area contributed by atoms with E-state index in [0.717, 1.165) is 29.8 Å². The molecule has 0 atom stereocenters. The summed E-state index contributed by atoms with van der Waals surface area (Å²) in [7, 11) is 0. The second kappa shape index (κ2) is 7.35. The standard InChI is InChI=1S/C19H25N5O/c25-18(22-15-8-9-15)12-20-11-14-13-24(16-5-1-2-6-16)23-19(14)17-7-3-4-10-21-17/h3-4,7,10,13,15-16,20H,1-2,5-6,8-9,11-12H2,(H,22,25). The summed E-state index contributed by atoms with van der Waals surface area (Å²) in [5.41, 5.74) is 2.91. The van der Waals surface area contributed by atoms with Crippen molar-refractivity contribution < 1.29 is 4.79 Å². The maximum atomic E-state index is 11.8. The van der Waals surface area contributed by atoms with Crippen LogP contribution in [-0.4, -0.2) is 33.3 Å². The highest BCUT2D eigenvalue weighted by molar-refractivity contribution is 5.78. The van der Waals surface area contributed by atoms with Crippen LogP contribution in [0.3, 0.4) is 0 Å². The third-order valence-corrected chi connectivity index (χ3v) is 4.96. The molecule has 0 spiro atoms. The quantitative estimate of drug-likeness (QED) is 0.813. The molecule has 2 saturated carbocycles. The van der Waals surface area contributed by atoms with Crippen molar-refractivity contribution in [3.8, 4) is 11.4 Å². The lowest BCUT2D eigenvalue weighted by Crippen LogP contribution is -2.34. The summed E-state index contributed by atoms with van der Waals surface area (Å²) < 4.78 is 2.11. The Balaban J connectivity index is 1.47. The van der Waals surface area contributed by atoms with Crippen molar-refractivity contribution in [2.75, 3.05) is 6.54 Å². The molecule has 25 heavy (non-hydrogen) atoms. The Morgan fingerprint density at radius 1 is 1.20 bits per heavy atom. The van der Waals surface area contributed by atoms with Gasteiger partial charge in [-0.2, -0.15) is 5.10 Å². The first-order chi connectivity index (χ1) is 12.3. The number of hydrogen-bond donors (Lipinski definition) is 2. The molecule has 2 N–H and O–H groups in total. The molecule has 6 nitrogen and oxygen atoms in total. The minimum Gasteiger partial charge on any atom is -0.352 e. The molecule has 2 aromatic heterocycles. The first-order valence-corrected chi connectivity index (χ1v) is 9.29. The van der Waals surface area contributed by atoms with Gasteiger partial charge < -0.3 is 10.6 Å².